The first-order chi connectivity index (χ1) is 19.2. The van der Waals surface area contributed by atoms with Crippen LogP contribution in [0.4, 0.5) is 24.1 Å². The van der Waals surface area contributed by atoms with Gasteiger partial charge in [0.05, 0.1) is 18.8 Å². The summed E-state index contributed by atoms with van der Waals surface area (Å²) < 4.78 is 51.5. The first-order valence-electron chi connectivity index (χ1n) is 12.7. The number of piperidine rings is 1. The molecule has 2 aliphatic rings. The van der Waals surface area contributed by atoms with E-state index in [1.165, 1.54) is 15.9 Å². The molecule has 0 spiro atoms. The molecule has 2 aliphatic heterocycles. The molecule has 13 heteroatoms. The molecule has 6 rings (SSSR count). The number of fused-ring (bicyclic) bond motifs is 3. The van der Waals surface area contributed by atoms with Crippen molar-refractivity contribution in [1.82, 2.24) is 19.3 Å². The van der Waals surface area contributed by atoms with E-state index in [9.17, 15) is 18.0 Å². The third-order valence-electron chi connectivity index (χ3n) is 6.82. The Labute approximate surface area is 230 Å². The van der Waals surface area contributed by atoms with Gasteiger partial charge < -0.3 is 15.4 Å². The van der Waals surface area contributed by atoms with Crippen LogP contribution in [0.5, 0.6) is 11.5 Å². The molecule has 0 amide bonds. The average Bonchev–Trinajstić information content (AvgIpc) is 3.49. The number of halogens is 3. The standard InChI is InChI=1S/C27H24F3N7O2S/c1-2-3-12-36-22-21(33-26(36)35-11-6-7-16(31)14-35)23(27(28,29)30)34-37(25(22)38)15-18-17-8-4-5-9-19(17)39-20-10-13-40-24(20)32-18/h4-5,8-10,13,16H,6-7,11-12,14-15,31H2,1H3. The Kier molecular flexibility index (Phi) is 6.59. The lowest BCUT2D eigenvalue weighted by molar-refractivity contribution is -0.141. The molecule has 206 valence electrons. The zero-order valence-electron chi connectivity index (χ0n) is 21.4. The van der Waals surface area contributed by atoms with Crippen molar-refractivity contribution in [3.8, 4) is 23.3 Å². The van der Waals surface area contributed by atoms with Crippen molar-refractivity contribution in [3.05, 3.63) is 57.3 Å². The molecule has 1 aromatic carbocycles. The van der Waals surface area contributed by atoms with Crippen LogP contribution >= 0.6 is 11.3 Å². The van der Waals surface area contributed by atoms with Crippen LogP contribution in [0.1, 0.15) is 31.0 Å². The molecular weight excluding hydrogens is 543 g/mol. The number of nitrogens with zero attached hydrogens (tertiary/aromatic N) is 6. The summed E-state index contributed by atoms with van der Waals surface area (Å²) in [6.07, 6.45) is -3.32. The highest BCUT2D eigenvalue weighted by Crippen LogP contribution is 2.41. The third kappa shape index (κ3) is 4.63. The van der Waals surface area contributed by atoms with Crippen molar-refractivity contribution in [2.24, 2.45) is 10.7 Å². The lowest BCUT2D eigenvalue weighted by Crippen LogP contribution is -2.44. The number of benzene rings is 1. The second-order valence-corrected chi connectivity index (χ2v) is 10.4. The van der Waals surface area contributed by atoms with Crippen molar-refractivity contribution in [2.45, 2.75) is 45.1 Å². The average molecular weight is 568 g/mol. The fourth-order valence-electron chi connectivity index (χ4n) is 5.00. The number of para-hydroxylation sites is 1. The van der Waals surface area contributed by atoms with Gasteiger partial charge >= 0.3 is 6.18 Å². The third-order valence-corrected chi connectivity index (χ3v) is 7.60. The van der Waals surface area contributed by atoms with Crippen LogP contribution in [0.2, 0.25) is 0 Å². The van der Waals surface area contributed by atoms with Crippen molar-refractivity contribution in [1.29, 1.82) is 0 Å². The molecule has 2 N–H and O–H groups in total. The number of ether oxygens (including phenoxy) is 1. The molecule has 5 heterocycles. The first-order valence-corrected chi connectivity index (χ1v) is 13.5. The van der Waals surface area contributed by atoms with Gasteiger partial charge in [0.25, 0.3) is 5.56 Å². The van der Waals surface area contributed by atoms with Gasteiger partial charge in [-0.2, -0.15) is 18.3 Å². The number of imidazole rings is 1. The van der Waals surface area contributed by atoms with Gasteiger partial charge in [0.2, 0.25) is 5.95 Å². The van der Waals surface area contributed by atoms with Gasteiger partial charge in [-0.05, 0) is 43.3 Å². The Morgan fingerprint density at radius 3 is 2.83 bits per heavy atom. The molecule has 1 fully saturated rings. The molecule has 1 saturated heterocycles. The fraction of sp³-hybridized carbons (Fsp3) is 0.333. The van der Waals surface area contributed by atoms with Gasteiger partial charge in [-0.1, -0.05) is 18.1 Å². The molecular formula is C27H24F3N7O2S. The van der Waals surface area contributed by atoms with E-state index in [1.54, 1.807) is 42.6 Å². The fourth-order valence-corrected chi connectivity index (χ4v) is 5.71. The molecule has 0 bridgehead atoms. The Bertz CT molecular complexity index is 1760. The smallest absolute Gasteiger partial charge is 0.437 e. The molecule has 3 aromatic heterocycles. The van der Waals surface area contributed by atoms with Crippen LogP contribution in [-0.2, 0) is 19.3 Å². The Morgan fingerprint density at radius 1 is 1.23 bits per heavy atom. The second-order valence-electron chi connectivity index (χ2n) is 9.53. The summed E-state index contributed by atoms with van der Waals surface area (Å²) in [5.41, 5.74) is 4.37. The number of hydrogen-bond acceptors (Lipinski definition) is 8. The van der Waals surface area contributed by atoms with E-state index in [0.29, 0.717) is 40.9 Å². The van der Waals surface area contributed by atoms with E-state index in [4.69, 9.17) is 10.5 Å². The minimum atomic E-state index is -4.87. The number of nitrogens with two attached hydrogens (primary N) is 1. The van der Waals surface area contributed by atoms with Crippen molar-refractivity contribution < 1.29 is 17.9 Å². The monoisotopic (exact) mass is 567 g/mol. The van der Waals surface area contributed by atoms with Gasteiger partial charge in [-0.25, -0.2) is 14.7 Å². The van der Waals surface area contributed by atoms with Gasteiger partial charge in [0.1, 0.15) is 16.8 Å². The lowest BCUT2D eigenvalue weighted by Gasteiger charge is -2.31. The highest BCUT2D eigenvalue weighted by atomic mass is 32.1. The highest BCUT2D eigenvalue weighted by molar-refractivity contribution is 7.14. The first kappa shape index (κ1) is 26.1. The zero-order valence-corrected chi connectivity index (χ0v) is 22.2. The lowest BCUT2D eigenvalue weighted by atomic mass is 10.1. The SMILES string of the molecule is CC#CCn1c(N2CCCC(N)C2)nc2c(C(F)(F)F)nn(CC3=Nc4sccc4Oc4ccccc43)c(=O)c21. The molecule has 1 atom stereocenters. The normalized spacial score (nSPS) is 16.9. The number of hydrogen-bond donors (Lipinski definition) is 1. The maximum atomic E-state index is 14.4. The van der Waals surface area contributed by atoms with Gasteiger partial charge in [0, 0.05) is 24.7 Å². The molecule has 9 nitrogen and oxygen atoms in total. The van der Waals surface area contributed by atoms with E-state index in [-0.39, 0.29) is 30.6 Å². The van der Waals surface area contributed by atoms with E-state index in [0.717, 1.165) is 17.5 Å². The predicted molar refractivity (Wildman–Crippen MR) is 147 cm³/mol. The van der Waals surface area contributed by atoms with Crippen molar-refractivity contribution in [3.63, 3.8) is 0 Å². The van der Waals surface area contributed by atoms with Crippen molar-refractivity contribution in [2.75, 3.05) is 18.0 Å². The summed E-state index contributed by atoms with van der Waals surface area (Å²) in [5.74, 6) is 6.87. The largest absolute Gasteiger partial charge is 0.453 e. The molecule has 4 aromatic rings. The van der Waals surface area contributed by atoms with E-state index >= 15 is 0 Å². The molecule has 0 aliphatic carbocycles. The van der Waals surface area contributed by atoms with Gasteiger partial charge in [0.15, 0.2) is 16.4 Å². The van der Waals surface area contributed by atoms with Crippen LogP contribution < -0.4 is 20.9 Å². The summed E-state index contributed by atoms with van der Waals surface area (Å²) in [5, 5.41) is 6.16. The maximum absolute atomic E-state index is 14.4. The van der Waals surface area contributed by atoms with E-state index < -0.39 is 22.9 Å². The van der Waals surface area contributed by atoms with Crippen LogP contribution in [0.15, 0.2) is 45.5 Å². The number of aromatic nitrogens is 4. The maximum Gasteiger partial charge on any atom is 0.437 e. The number of thiophene rings is 1. The second kappa shape index (κ2) is 10.1. The molecule has 40 heavy (non-hydrogen) atoms. The molecule has 1 unspecified atom stereocenters. The Morgan fingerprint density at radius 2 is 2.05 bits per heavy atom. The van der Waals surface area contributed by atoms with Crippen LogP contribution in [0, 0.1) is 11.8 Å². The van der Waals surface area contributed by atoms with Gasteiger partial charge in [-0.3, -0.25) is 9.36 Å². The van der Waals surface area contributed by atoms with Crippen LogP contribution in [-0.4, -0.2) is 44.2 Å². The Balaban J connectivity index is 1.56. The van der Waals surface area contributed by atoms with E-state index in [1.807, 2.05) is 4.90 Å². The molecule has 0 radical (unpaired) electrons. The number of alkyl halides is 3. The number of rotatable bonds is 4. The van der Waals surface area contributed by atoms with Crippen molar-refractivity contribution >= 4 is 39.0 Å². The van der Waals surface area contributed by atoms with Crippen LogP contribution in [0.3, 0.4) is 0 Å². The summed E-state index contributed by atoms with van der Waals surface area (Å²) >= 11 is 1.32. The molecule has 0 saturated carbocycles. The minimum Gasteiger partial charge on any atom is -0.453 e. The summed E-state index contributed by atoms with van der Waals surface area (Å²) in [4.78, 5) is 24.7. The minimum absolute atomic E-state index is 0.0131. The summed E-state index contributed by atoms with van der Waals surface area (Å²) in [6, 6.07) is 8.65. The zero-order chi connectivity index (χ0) is 28.0. The van der Waals surface area contributed by atoms with Crippen LogP contribution in [0.25, 0.3) is 11.0 Å². The quantitative estimate of drug-likeness (QED) is 0.363. The predicted octanol–water partition coefficient (Wildman–Crippen LogP) is 4.55. The topological polar surface area (TPSA) is 104 Å². The summed E-state index contributed by atoms with van der Waals surface area (Å²) in [6.45, 7) is 2.25. The number of aliphatic imine (C=N–C) groups is 1. The van der Waals surface area contributed by atoms with E-state index in [2.05, 4.69) is 26.9 Å². The number of anilines is 1. The van der Waals surface area contributed by atoms with Gasteiger partial charge in [-0.15, -0.1) is 17.3 Å². The highest BCUT2D eigenvalue weighted by Gasteiger charge is 2.39. The summed E-state index contributed by atoms with van der Waals surface area (Å²) in [7, 11) is 0. The Hall–Kier alpha value is -4.15.